The zero-order valence-electron chi connectivity index (χ0n) is 30.5. The number of carbonyl (C=O) groups is 1. The van der Waals surface area contributed by atoms with Gasteiger partial charge in [0.2, 0.25) is 11.8 Å². The highest BCUT2D eigenvalue weighted by atomic mass is 35.5. The molecule has 0 bridgehead atoms. The van der Waals surface area contributed by atoms with E-state index < -0.39 is 11.7 Å². The molecule has 1 aliphatic rings. The summed E-state index contributed by atoms with van der Waals surface area (Å²) >= 11 is 6.59. The summed E-state index contributed by atoms with van der Waals surface area (Å²) in [5.41, 5.74) is 3.76. The molecule has 0 atom stereocenters. The standard InChI is InChI=1S/C43H41ClF3N3O5/c1-30-3-12-36(13-4-30)52-23-24-53-37-14-7-32(8-15-37)28-49-19-21-50(22-20-49)41(51)18-9-34-25-31(2)42(39(44)26-34)55-40-17-16-38(27-48-40)54-29-33-5-10-35(11-6-33)43(45,46)47/h3-18,25-27H,19-24,28-29H2,1-2H3. The number of benzene rings is 4. The Balaban J connectivity index is 0.916. The van der Waals surface area contributed by atoms with Crippen LogP contribution >= 0.6 is 11.6 Å². The second-order valence-corrected chi connectivity index (χ2v) is 13.6. The van der Waals surface area contributed by atoms with Gasteiger partial charge in [-0.25, -0.2) is 4.98 Å². The summed E-state index contributed by atoms with van der Waals surface area (Å²) in [4.78, 5) is 21.5. The molecule has 8 nitrogen and oxygen atoms in total. The number of alkyl halides is 3. The normalized spacial score (nSPS) is 13.5. The number of hydrogen-bond donors (Lipinski definition) is 0. The minimum atomic E-state index is -4.39. The van der Waals surface area contributed by atoms with Gasteiger partial charge in [0.15, 0.2) is 5.75 Å². The fourth-order valence-electron chi connectivity index (χ4n) is 5.86. The molecule has 55 heavy (non-hydrogen) atoms. The van der Waals surface area contributed by atoms with E-state index in [4.69, 9.17) is 30.5 Å². The lowest BCUT2D eigenvalue weighted by Gasteiger charge is -2.34. The third-order valence-electron chi connectivity index (χ3n) is 8.93. The van der Waals surface area contributed by atoms with Crippen molar-refractivity contribution in [2.45, 2.75) is 33.2 Å². The molecule has 0 spiro atoms. The Kier molecular flexibility index (Phi) is 13.0. The molecule has 0 unspecified atom stereocenters. The first kappa shape index (κ1) is 39.2. The quantitative estimate of drug-likeness (QED) is 0.0823. The summed E-state index contributed by atoms with van der Waals surface area (Å²) < 4.78 is 61.6. The minimum Gasteiger partial charge on any atom is -0.490 e. The number of piperazine rings is 1. The lowest BCUT2D eigenvalue weighted by Crippen LogP contribution is -2.47. The van der Waals surface area contributed by atoms with Gasteiger partial charge in [-0.3, -0.25) is 9.69 Å². The van der Waals surface area contributed by atoms with E-state index in [0.717, 1.165) is 54.4 Å². The van der Waals surface area contributed by atoms with Gasteiger partial charge in [-0.15, -0.1) is 0 Å². The molecule has 5 aromatic rings. The fraction of sp³-hybridized carbons (Fsp3) is 0.256. The summed E-state index contributed by atoms with van der Waals surface area (Å²) in [7, 11) is 0. The van der Waals surface area contributed by atoms with E-state index >= 15 is 0 Å². The lowest BCUT2D eigenvalue weighted by atomic mass is 10.1. The van der Waals surface area contributed by atoms with Crippen molar-refractivity contribution in [2.75, 3.05) is 39.4 Å². The number of hydrogen-bond acceptors (Lipinski definition) is 7. The van der Waals surface area contributed by atoms with Crippen LogP contribution in [0.1, 0.15) is 33.4 Å². The van der Waals surface area contributed by atoms with Crippen LogP contribution in [0.15, 0.2) is 109 Å². The van der Waals surface area contributed by atoms with Crippen LogP contribution in [0.2, 0.25) is 5.02 Å². The zero-order chi connectivity index (χ0) is 38.8. The molecule has 0 aliphatic carbocycles. The predicted molar refractivity (Wildman–Crippen MR) is 206 cm³/mol. The molecule has 0 radical (unpaired) electrons. The molecular formula is C43H41ClF3N3O5. The Morgan fingerprint density at radius 3 is 2.00 bits per heavy atom. The second kappa shape index (κ2) is 18.2. The minimum absolute atomic E-state index is 0.0635. The van der Waals surface area contributed by atoms with Gasteiger partial charge in [0.25, 0.3) is 0 Å². The fourth-order valence-corrected chi connectivity index (χ4v) is 6.17. The monoisotopic (exact) mass is 771 g/mol. The maximum atomic E-state index is 13.0. The van der Waals surface area contributed by atoms with E-state index in [2.05, 4.69) is 22.0 Å². The average Bonchev–Trinajstić information content (AvgIpc) is 3.18. The molecular weight excluding hydrogens is 731 g/mol. The van der Waals surface area contributed by atoms with Gasteiger partial charge in [0.05, 0.1) is 16.8 Å². The largest absolute Gasteiger partial charge is 0.490 e. The van der Waals surface area contributed by atoms with E-state index in [-0.39, 0.29) is 18.4 Å². The molecule has 1 aliphatic heterocycles. The maximum Gasteiger partial charge on any atom is 0.416 e. The van der Waals surface area contributed by atoms with Crippen molar-refractivity contribution in [2.24, 2.45) is 0 Å². The van der Waals surface area contributed by atoms with Gasteiger partial charge in [0, 0.05) is 44.9 Å². The Hall–Kier alpha value is -5.52. The number of nitrogens with zero attached hydrogens (tertiary/aromatic N) is 3. The van der Waals surface area contributed by atoms with Gasteiger partial charge in [-0.1, -0.05) is 53.6 Å². The number of ether oxygens (including phenoxy) is 4. The number of halogens is 4. The third-order valence-corrected chi connectivity index (χ3v) is 9.21. The number of rotatable bonds is 14. The van der Waals surface area contributed by atoms with Gasteiger partial charge in [-0.05, 0) is 96.8 Å². The molecule has 12 heteroatoms. The van der Waals surface area contributed by atoms with Crippen molar-refractivity contribution < 1.29 is 36.9 Å². The van der Waals surface area contributed by atoms with Crippen LogP contribution in [0, 0.1) is 13.8 Å². The summed E-state index contributed by atoms with van der Waals surface area (Å²) in [6, 6.07) is 27.7. The maximum absolute atomic E-state index is 13.0. The molecule has 286 valence electrons. The van der Waals surface area contributed by atoms with Crippen LogP contribution in [0.3, 0.4) is 0 Å². The second-order valence-electron chi connectivity index (χ2n) is 13.2. The van der Waals surface area contributed by atoms with Crippen LogP contribution in [0.5, 0.6) is 28.9 Å². The first-order valence-electron chi connectivity index (χ1n) is 17.8. The highest BCUT2D eigenvalue weighted by molar-refractivity contribution is 6.32. The van der Waals surface area contributed by atoms with E-state index in [9.17, 15) is 18.0 Å². The summed E-state index contributed by atoms with van der Waals surface area (Å²) in [5, 5.41) is 0.358. The molecule has 1 amide bonds. The van der Waals surface area contributed by atoms with Gasteiger partial charge in [-0.2, -0.15) is 13.2 Å². The molecule has 6 rings (SSSR count). The van der Waals surface area contributed by atoms with Crippen molar-refractivity contribution in [3.8, 4) is 28.9 Å². The van der Waals surface area contributed by atoms with E-state index in [1.54, 1.807) is 30.4 Å². The van der Waals surface area contributed by atoms with Crippen LogP contribution in [0.25, 0.3) is 6.08 Å². The highest BCUT2D eigenvalue weighted by Crippen LogP contribution is 2.34. The van der Waals surface area contributed by atoms with Gasteiger partial charge in [0.1, 0.15) is 37.1 Å². The first-order chi connectivity index (χ1) is 26.5. The molecule has 1 aromatic heterocycles. The van der Waals surface area contributed by atoms with Crippen molar-refractivity contribution >= 4 is 23.6 Å². The van der Waals surface area contributed by atoms with Crippen molar-refractivity contribution in [1.29, 1.82) is 0 Å². The smallest absolute Gasteiger partial charge is 0.416 e. The summed E-state index contributed by atoms with van der Waals surface area (Å²) in [6.45, 7) is 8.49. The molecule has 0 saturated carbocycles. The van der Waals surface area contributed by atoms with Crippen molar-refractivity contribution in [3.63, 3.8) is 0 Å². The van der Waals surface area contributed by atoms with E-state index in [0.29, 0.717) is 48.4 Å². The highest BCUT2D eigenvalue weighted by Gasteiger charge is 2.30. The number of aryl methyl sites for hydroxylation is 2. The number of carbonyl (C=O) groups excluding carboxylic acids is 1. The van der Waals surface area contributed by atoms with Crippen LogP contribution in [-0.2, 0) is 24.1 Å². The summed E-state index contributed by atoms with van der Waals surface area (Å²) in [6.07, 6.45) is 0.388. The Morgan fingerprint density at radius 2 is 1.40 bits per heavy atom. The molecule has 1 fully saturated rings. The predicted octanol–water partition coefficient (Wildman–Crippen LogP) is 9.56. The Bertz CT molecular complexity index is 2030. The topological polar surface area (TPSA) is 73.4 Å². The van der Waals surface area contributed by atoms with Crippen molar-refractivity contribution in [1.82, 2.24) is 14.8 Å². The van der Waals surface area contributed by atoms with Crippen LogP contribution in [-0.4, -0.2) is 60.1 Å². The molecule has 0 N–H and O–H groups in total. The van der Waals surface area contributed by atoms with Crippen molar-refractivity contribution in [3.05, 3.63) is 148 Å². The average molecular weight is 772 g/mol. The van der Waals surface area contributed by atoms with E-state index in [1.807, 2.05) is 61.2 Å². The molecule has 1 saturated heterocycles. The van der Waals surface area contributed by atoms with E-state index in [1.165, 1.54) is 29.5 Å². The Labute approximate surface area is 323 Å². The number of pyridine rings is 1. The third kappa shape index (κ3) is 11.5. The Morgan fingerprint density at radius 1 is 0.782 bits per heavy atom. The number of amides is 1. The van der Waals surface area contributed by atoms with Crippen LogP contribution in [0.4, 0.5) is 13.2 Å². The molecule has 2 heterocycles. The molecule has 4 aromatic carbocycles. The van der Waals surface area contributed by atoms with Gasteiger partial charge < -0.3 is 23.8 Å². The number of aromatic nitrogens is 1. The van der Waals surface area contributed by atoms with Crippen LogP contribution < -0.4 is 18.9 Å². The first-order valence-corrected chi connectivity index (χ1v) is 18.2. The summed E-state index contributed by atoms with van der Waals surface area (Å²) in [5.74, 6) is 2.70. The SMILES string of the molecule is Cc1ccc(OCCOc2ccc(CN3CCN(C(=O)C=Cc4cc(C)c(Oc5ccc(OCc6ccc(C(F)(F)F)cc6)cn5)c(Cl)c4)CC3)cc2)cc1. The zero-order valence-corrected chi connectivity index (χ0v) is 31.3. The lowest BCUT2D eigenvalue weighted by molar-refractivity contribution is -0.137. The van der Waals surface area contributed by atoms with Gasteiger partial charge >= 0.3 is 6.18 Å².